The highest BCUT2D eigenvalue weighted by Gasteiger charge is 2.39. The Hall–Kier alpha value is -0.110. The average Bonchev–Trinajstić information content (AvgIpc) is 2.39. The van der Waals surface area contributed by atoms with Crippen molar-refractivity contribution in [3.05, 3.63) is 69.7 Å². The van der Waals surface area contributed by atoms with E-state index in [0.29, 0.717) is 21.2 Å². The quantitative estimate of drug-likeness (QED) is 0.544. The zero-order valence-electron chi connectivity index (χ0n) is 9.59. The lowest BCUT2D eigenvalue weighted by atomic mass is 10.0. The fourth-order valence-corrected chi connectivity index (χ4v) is 3.30. The maximum atomic E-state index is 6.41. The largest absolute Gasteiger partial charge is 0.164 e. The minimum absolute atomic E-state index is 0.463. The molecule has 0 radical (unpaired) electrons. The van der Waals surface area contributed by atoms with Gasteiger partial charge in [0, 0.05) is 15.6 Å². The van der Waals surface area contributed by atoms with Crippen molar-refractivity contribution in [3.8, 4) is 0 Å². The zero-order valence-corrected chi connectivity index (χ0v) is 13.4. The van der Waals surface area contributed by atoms with E-state index in [4.69, 9.17) is 58.0 Å². The first kappa shape index (κ1) is 15.3. The summed E-state index contributed by atoms with van der Waals surface area (Å²) in [5, 5.41) is 0.259. The van der Waals surface area contributed by atoms with Crippen LogP contribution in [0.3, 0.4) is 0 Å². The Balaban J connectivity index is 2.45. The molecule has 0 spiro atoms. The molecule has 0 aliphatic carbocycles. The van der Waals surface area contributed by atoms with Gasteiger partial charge in [-0.3, -0.25) is 0 Å². The highest BCUT2D eigenvalue weighted by molar-refractivity contribution is 6.53. The van der Waals surface area contributed by atoms with Gasteiger partial charge in [-0.25, -0.2) is 0 Å². The van der Waals surface area contributed by atoms with E-state index in [9.17, 15) is 0 Å². The van der Waals surface area contributed by atoms with Crippen molar-refractivity contribution >= 4 is 58.0 Å². The third-order valence-corrected chi connectivity index (χ3v) is 5.03. The van der Waals surface area contributed by atoms with Gasteiger partial charge in [-0.2, -0.15) is 0 Å². The summed E-state index contributed by atoms with van der Waals surface area (Å²) in [6.45, 7) is 0. The molecule has 0 nitrogen and oxygen atoms in total. The molecule has 0 aliphatic heterocycles. The molecular formula is C14H9Cl5. The van der Waals surface area contributed by atoms with E-state index in [0.717, 1.165) is 0 Å². The van der Waals surface area contributed by atoms with E-state index >= 15 is 0 Å². The zero-order chi connectivity index (χ0) is 14.0. The highest BCUT2D eigenvalue weighted by atomic mass is 35.5. The molecule has 5 heteroatoms. The van der Waals surface area contributed by atoms with Crippen LogP contribution in [0.4, 0.5) is 0 Å². The van der Waals surface area contributed by atoms with Crippen LogP contribution in [0, 0.1) is 0 Å². The molecular weight excluding hydrogens is 345 g/mol. The minimum Gasteiger partial charge on any atom is -0.114 e. The molecule has 1 atom stereocenters. The van der Waals surface area contributed by atoms with Gasteiger partial charge in [0.1, 0.15) is 0 Å². The molecule has 0 saturated heterocycles. The Kier molecular flexibility index (Phi) is 4.92. The van der Waals surface area contributed by atoms with Crippen molar-refractivity contribution in [3.63, 3.8) is 0 Å². The van der Waals surface area contributed by atoms with Gasteiger partial charge < -0.3 is 0 Å². The predicted octanol–water partition coefficient (Wildman–Crippen LogP) is 6.60. The van der Waals surface area contributed by atoms with Crippen LogP contribution in [-0.4, -0.2) is 0 Å². The lowest BCUT2D eigenvalue weighted by Gasteiger charge is -2.27. The van der Waals surface area contributed by atoms with Crippen LogP contribution in [-0.2, 0) is 4.33 Å². The predicted molar refractivity (Wildman–Crippen MR) is 84.9 cm³/mol. The molecule has 2 rings (SSSR count). The molecule has 0 N–H and O–H groups in total. The normalized spacial score (nSPS) is 13.3. The average molecular weight is 354 g/mol. The lowest BCUT2D eigenvalue weighted by molar-refractivity contribution is 0.804. The van der Waals surface area contributed by atoms with Gasteiger partial charge in [0.2, 0.25) is 0 Å². The number of hydrogen-bond donors (Lipinski definition) is 0. The Bertz CT molecular complexity index is 580. The highest BCUT2D eigenvalue weighted by Crippen LogP contribution is 2.51. The molecule has 0 saturated carbocycles. The molecule has 100 valence electrons. The Morgan fingerprint density at radius 1 is 0.789 bits per heavy atom. The Labute approximate surface area is 137 Å². The second-order valence-corrected chi connectivity index (χ2v) is 6.62. The monoisotopic (exact) mass is 352 g/mol. The standard InChI is InChI=1S/C14H9Cl5/c15-11-7-3-1-5-9(11)13(17)14(18,19)10-6-2-4-8-12(10)16/h1-8,13H. The fourth-order valence-electron chi connectivity index (χ4n) is 1.74. The van der Waals surface area contributed by atoms with Crippen molar-refractivity contribution in [2.24, 2.45) is 0 Å². The first-order chi connectivity index (χ1) is 8.94. The van der Waals surface area contributed by atoms with E-state index in [1.807, 2.05) is 12.1 Å². The van der Waals surface area contributed by atoms with E-state index in [1.165, 1.54) is 0 Å². The molecule has 0 amide bonds. The second kappa shape index (κ2) is 6.11. The molecule has 1 unspecified atom stereocenters. The Morgan fingerprint density at radius 2 is 1.32 bits per heavy atom. The van der Waals surface area contributed by atoms with Gasteiger partial charge in [0.05, 0.1) is 5.38 Å². The molecule has 0 aliphatic rings. The van der Waals surface area contributed by atoms with Crippen LogP contribution in [0.5, 0.6) is 0 Å². The van der Waals surface area contributed by atoms with Crippen LogP contribution in [0.2, 0.25) is 10.0 Å². The summed E-state index contributed by atoms with van der Waals surface area (Å²) in [6, 6.07) is 14.2. The number of halogens is 5. The molecule has 0 fully saturated rings. The molecule has 2 aromatic carbocycles. The minimum atomic E-state index is -1.37. The number of benzene rings is 2. The summed E-state index contributed by atoms with van der Waals surface area (Å²) in [5.74, 6) is 0. The molecule has 2 aromatic rings. The van der Waals surface area contributed by atoms with Crippen LogP contribution in [0.1, 0.15) is 16.5 Å². The van der Waals surface area contributed by atoms with E-state index < -0.39 is 9.71 Å². The number of hydrogen-bond acceptors (Lipinski definition) is 0. The van der Waals surface area contributed by atoms with Gasteiger partial charge in [0.15, 0.2) is 4.33 Å². The van der Waals surface area contributed by atoms with Gasteiger partial charge >= 0.3 is 0 Å². The summed E-state index contributed by atoms with van der Waals surface area (Å²) < 4.78 is -1.37. The smallest absolute Gasteiger partial charge is 0.114 e. The van der Waals surface area contributed by atoms with Crippen molar-refractivity contribution in [2.45, 2.75) is 9.71 Å². The van der Waals surface area contributed by atoms with Crippen LogP contribution in [0.25, 0.3) is 0 Å². The van der Waals surface area contributed by atoms with Gasteiger partial charge in [-0.1, -0.05) is 82.8 Å². The van der Waals surface area contributed by atoms with Gasteiger partial charge in [-0.15, -0.1) is 11.6 Å². The van der Waals surface area contributed by atoms with Crippen molar-refractivity contribution in [2.75, 3.05) is 0 Å². The molecule has 0 bridgehead atoms. The van der Waals surface area contributed by atoms with E-state index in [1.54, 1.807) is 36.4 Å². The van der Waals surface area contributed by atoms with E-state index in [-0.39, 0.29) is 0 Å². The fraction of sp³-hybridized carbons (Fsp3) is 0.143. The maximum absolute atomic E-state index is 6.41. The summed E-state index contributed by atoms with van der Waals surface area (Å²) in [7, 11) is 0. The first-order valence-electron chi connectivity index (χ1n) is 5.46. The summed E-state index contributed by atoms with van der Waals surface area (Å²) in [4.78, 5) is 0. The van der Waals surface area contributed by atoms with E-state index in [2.05, 4.69) is 0 Å². The third-order valence-electron chi connectivity index (χ3n) is 2.73. The van der Waals surface area contributed by atoms with Crippen LogP contribution >= 0.6 is 58.0 Å². The topological polar surface area (TPSA) is 0 Å². The Morgan fingerprint density at radius 3 is 1.89 bits per heavy atom. The van der Waals surface area contributed by atoms with Crippen LogP contribution in [0.15, 0.2) is 48.5 Å². The first-order valence-corrected chi connectivity index (χ1v) is 7.40. The summed E-state index contributed by atoms with van der Waals surface area (Å²) in [5.41, 5.74) is 1.22. The summed E-state index contributed by atoms with van der Waals surface area (Å²) in [6.07, 6.45) is 0. The van der Waals surface area contributed by atoms with Crippen molar-refractivity contribution < 1.29 is 0 Å². The SMILES string of the molecule is Clc1ccccc1C(Cl)C(Cl)(Cl)c1ccccc1Cl. The van der Waals surface area contributed by atoms with Gasteiger partial charge in [0.25, 0.3) is 0 Å². The van der Waals surface area contributed by atoms with Crippen molar-refractivity contribution in [1.82, 2.24) is 0 Å². The second-order valence-electron chi connectivity index (χ2n) is 3.99. The summed E-state index contributed by atoms with van der Waals surface area (Å²) >= 11 is 31.5. The van der Waals surface area contributed by atoms with Crippen LogP contribution < -0.4 is 0 Å². The number of rotatable bonds is 3. The molecule has 19 heavy (non-hydrogen) atoms. The molecule has 0 aromatic heterocycles. The van der Waals surface area contributed by atoms with Gasteiger partial charge in [-0.05, 0) is 17.7 Å². The lowest BCUT2D eigenvalue weighted by Crippen LogP contribution is -2.18. The maximum Gasteiger partial charge on any atom is 0.164 e. The van der Waals surface area contributed by atoms with Crippen molar-refractivity contribution in [1.29, 1.82) is 0 Å². The third kappa shape index (κ3) is 3.15. The molecule has 0 heterocycles. The number of alkyl halides is 3.